The third-order valence-corrected chi connectivity index (χ3v) is 8.40. The van der Waals surface area contributed by atoms with Crippen molar-refractivity contribution in [2.24, 2.45) is 5.92 Å². The van der Waals surface area contributed by atoms with Crippen molar-refractivity contribution in [3.63, 3.8) is 0 Å². The number of fused-ring (bicyclic) bond motifs is 4. The number of nitrogens with one attached hydrogen (secondary N) is 2. The van der Waals surface area contributed by atoms with Crippen LogP contribution in [-0.4, -0.2) is 63.1 Å². The molecule has 6 rings (SSSR count). The van der Waals surface area contributed by atoms with Crippen LogP contribution in [0.15, 0.2) is 61.1 Å². The third kappa shape index (κ3) is 4.99. The fraction of sp³-hybridized carbons (Fsp3) is 0.310. The Morgan fingerprint density at radius 1 is 1.13 bits per heavy atom. The molecule has 1 aliphatic carbocycles. The first-order chi connectivity index (χ1) is 18.5. The number of anilines is 2. The number of thiophene rings is 1. The average Bonchev–Trinajstić information content (AvgIpc) is 3.55. The van der Waals surface area contributed by atoms with Crippen molar-refractivity contribution in [1.29, 1.82) is 0 Å². The molecule has 9 heteroatoms. The van der Waals surface area contributed by atoms with E-state index >= 15 is 0 Å². The standard InChI is InChI=1S/C29H31N7OS/c1-35(2)12-13-36(17-19-6-4-3-5-7-19)29(37)20-8-10-23-25(15-20)38-28-26(23)27(30-18-31-28)33-22-9-11-24-21(14-22)16-32-34-24/h3-7,9,11,14,16,18,20H,8,10,12-13,15,17H2,1-2H3,(H,32,34)(H,30,31,33). The predicted octanol–water partition coefficient (Wildman–Crippen LogP) is 5.01. The zero-order valence-electron chi connectivity index (χ0n) is 21.6. The molecule has 0 bridgehead atoms. The summed E-state index contributed by atoms with van der Waals surface area (Å²) in [6.45, 7) is 2.20. The number of benzene rings is 2. The van der Waals surface area contributed by atoms with Crippen LogP contribution >= 0.6 is 11.3 Å². The summed E-state index contributed by atoms with van der Waals surface area (Å²) in [7, 11) is 4.10. The van der Waals surface area contributed by atoms with Gasteiger partial charge in [-0.3, -0.25) is 9.89 Å². The molecule has 5 aromatic rings. The van der Waals surface area contributed by atoms with Crippen LogP contribution in [0.3, 0.4) is 0 Å². The van der Waals surface area contributed by atoms with Crippen LogP contribution in [0, 0.1) is 5.92 Å². The van der Waals surface area contributed by atoms with Gasteiger partial charge in [0.1, 0.15) is 17.0 Å². The molecule has 0 saturated carbocycles. The lowest BCUT2D eigenvalue weighted by molar-refractivity contribution is -0.136. The van der Waals surface area contributed by atoms with E-state index in [2.05, 4.69) is 62.7 Å². The Labute approximate surface area is 225 Å². The highest BCUT2D eigenvalue weighted by atomic mass is 32.1. The maximum Gasteiger partial charge on any atom is 0.226 e. The molecule has 1 amide bonds. The highest BCUT2D eigenvalue weighted by molar-refractivity contribution is 7.19. The second kappa shape index (κ2) is 10.5. The molecule has 1 atom stereocenters. The quantitative estimate of drug-likeness (QED) is 0.296. The summed E-state index contributed by atoms with van der Waals surface area (Å²) < 4.78 is 0. The number of carbonyl (C=O) groups is 1. The van der Waals surface area contributed by atoms with Crippen molar-refractivity contribution >= 4 is 49.9 Å². The molecule has 194 valence electrons. The zero-order chi connectivity index (χ0) is 26.1. The highest BCUT2D eigenvalue weighted by Crippen LogP contribution is 2.41. The van der Waals surface area contributed by atoms with E-state index in [9.17, 15) is 4.79 Å². The van der Waals surface area contributed by atoms with Crippen LogP contribution in [0.25, 0.3) is 21.1 Å². The van der Waals surface area contributed by atoms with Gasteiger partial charge in [0.05, 0.1) is 17.1 Å². The molecule has 0 aliphatic heterocycles. The maximum atomic E-state index is 13.8. The fourth-order valence-electron chi connectivity index (χ4n) is 5.22. The molecule has 3 aromatic heterocycles. The van der Waals surface area contributed by atoms with Gasteiger partial charge >= 0.3 is 0 Å². The van der Waals surface area contributed by atoms with E-state index in [1.165, 1.54) is 10.4 Å². The Balaban J connectivity index is 1.24. The van der Waals surface area contributed by atoms with Gasteiger partial charge in [0.2, 0.25) is 5.91 Å². The SMILES string of the molecule is CN(C)CCN(Cc1ccccc1)C(=O)C1CCc2c(sc3ncnc(Nc4ccc5[nH]ncc5c4)c23)C1. The molecule has 0 spiro atoms. The number of amides is 1. The van der Waals surface area contributed by atoms with Crippen molar-refractivity contribution in [1.82, 2.24) is 30.0 Å². The van der Waals surface area contributed by atoms with Crippen LogP contribution in [0.1, 0.15) is 22.4 Å². The zero-order valence-corrected chi connectivity index (χ0v) is 22.5. The summed E-state index contributed by atoms with van der Waals surface area (Å²) >= 11 is 1.70. The summed E-state index contributed by atoms with van der Waals surface area (Å²) in [6, 6.07) is 16.4. The van der Waals surface area contributed by atoms with Crippen LogP contribution in [0.2, 0.25) is 0 Å². The van der Waals surface area contributed by atoms with E-state index in [4.69, 9.17) is 0 Å². The lowest BCUT2D eigenvalue weighted by Gasteiger charge is -2.30. The van der Waals surface area contributed by atoms with Gasteiger partial charge in [0.15, 0.2) is 0 Å². The fourth-order valence-corrected chi connectivity index (χ4v) is 6.49. The van der Waals surface area contributed by atoms with Crippen molar-refractivity contribution in [2.45, 2.75) is 25.8 Å². The van der Waals surface area contributed by atoms with Gasteiger partial charge in [-0.2, -0.15) is 5.10 Å². The Bertz CT molecular complexity index is 1580. The Kier molecular flexibility index (Phi) is 6.78. The van der Waals surface area contributed by atoms with Gasteiger partial charge in [0.25, 0.3) is 0 Å². The van der Waals surface area contributed by atoms with E-state index in [0.717, 1.165) is 70.5 Å². The number of aromatic nitrogens is 4. The first kappa shape index (κ1) is 24.5. The highest BCUT2D eigenvalue weighted by Gasteiger charge is 2.31. The number of hydrogen-bond acceptors (Lipinski definition) is 7. The molecule has 2 N–H and O–H groups in total. The summed E-state index contributed by atoms with van der Waals surface area (Å²) in [6.07, 6.45) is 5.87. The molecular formula is C29H31N7OS. The van der Waals surface area contributed by atoms with Gasteiger partial charge in [-0.15, -0.1) is 11.3 Å². The van der Waals surface area contributed by atoms with Crippen LogP contribution in [0.5, 0.6) is 0 Å². The van der Waals surface area contributed by atoms with Crippen LogP contribution < -0.4 is 5.32 Å². The van der Waals surface area contributed by atoms with Crippen molar-refractivity contribution in [3.05, 3.63) is 77.1 Å². The second-order valence-corrected chi connectivity index (χ2v) is 11.3. The van der Waals surface area contributed by atoms with E-state index < -0.39 is 0 Å². The first-order valence-corrected chi connectivity index (χ1v) is 13.8. The molecule has 2 aromatic carbocycles. The smallest absolute Gasteiger partial charge is 0.226 e. The number of carbonyl (C=O) groups excluding carboxylic acids is 1. The van der Waals surface area contributed by atoms with E-state index in [1.807, 2.05) is 41.4 Å². The number of nitrogens with zero attached hydrogens (tertiary/aromatic N) is 5. The normalized spacial score (nSPS) is 15.2. The second-order valence-electron chi connectivity index (χ2n) is 10.2. The number of hydrogen-bond donors (Lipinski definition) is 2. The minimum atomic E-state index is -0.0192. The van der Waals surface area contributed by atoms with E-state index in [-0.39, 0.29) is 11.8 Å². The van der Waals surface area contributed by atoms with Gasteiger partial charge < -0.3 is 15.1 Å². The number of aromatic amines is 1. The average molecular weight is 526 g/mol. The van der Waals surface area contributed by atoms with Crippen molar-refractivity contribution in [2.75, 3.05) is 32.5 Å². The molecule has 8 nitrogen and oxygen atoms in total. The lowest BCUT2D eigenvalue weighted by atomic mass is 9.86. The van der Waals surface area contributed by atoms with Gasteiger partial charge in [-0.1, -0.05) is 30.3 Å². The Morgan fingerprint density at radius 2 is 2.00 bits per heavy atom. The predicted molar refractivity (Wildman–Crippen MR) is 153 cm³/mol. The number of H-pyrrole nitrogens is 1. The summed E-state index contributed by atoms with van der Waals surface area (Å²) in [5.41, 5.74) is 4.40. The third-order valence-electron chi connectivity index (χ3n) is 7.24. The summed E-state index contributed by atoms with van der Waals surface area (Å²) in [5.74, 6) is 1.04. The topological polar surface area (TPSA) is 90.0 Å². The molecule has 1 aliphatic rings. The molecule has 0 saturated heterocycles. The van der Waals surface area contributed by atoms with Crippen LogP contribution in [-0.2, 0) is 24.2 Å². The monoisotopic (exact) mass is 525 g/mol. The Hall–Kier alpha value is -3.82. The van der Waals surface area contributed by atoms with Crippen molar-refractivity contribution < 1.29 is 4.79 Å². The number of aryl methyl sites for hydroxylation is 1. The van der Waals surface area contributed by atoms with Crippen LogP contribution in [0.4, 0.5) is 11.5 Å². The maximum absolute atomic E-state index is 13.8. The first-order valence-electron chi connectivity index (χ1n) is 13.0. The minimum absolute atomic E-state index is 0.0192. The molecule has 3 heterocycles. The Morgan fingerprint density at radius 3 is 2.84 bits per heavy atom. The lowest BCUT2D eigenvalue weighted by Crippen LogP contribution is -2.41. The minimum Gasteiger partial charge on any atom is -0.340 e. The van der Waals surface area contributed by atoms with Gasteiger partial charge in [0, 0.05) is 41.5 Å². The number of likely N-dealkylation sites (N-methyl/N-ethyl adjacent to an activating group) is 1. The molecule has 0 radical (unpaired) electrons. The van der Waals surface area contributed by atoms with Crippen molar-refractivity contribution in [3.8, 4) is 0 Å². The summed E-state index contributed by atoms with van der Waals surface area (Å²) in [5, 5.41) is 12.7. The summed E-state index contributed by atoms with van der Waals surface area (Å²) in [4.78, 5) is 29.4. The molecule has 38 heavy (non-hydrogen) atoms. The molecular weight excluding hydrogens is 494 g/mol. The van der Waals surface area contributed by atoms with E-state index in [1.54, 1.807) is 17.7 Å². The van der Waals surface area contributed by atoms with Gasteiger partial charge in [-0.25, -0.2) is 9.97 Å². The van der Waals surface area contributed by atoms with E-state index in [0.29, 0.717) is 6.54 Å². The molecule has 1 unspecified atom stereocenters. The largest absolute Gasteiger partial charge is 0.340 e. The van der Waals surface area contributed by atoms with Gasteiger partial charge in [-0.05, 0) is 62.7 Å². The number of rotatable bonds is 8. The molecule has 0 fully saturated rings.